The quantitative estimate of drug-likeness (QED) is 0.527. The van der Waals surface area contributed by atoms with E-state index in [0.717, 1.165) is 11.3 Å². The fourth-order valence-electron chi connectivity index (χ4n) is 2.72. The van der Waals surface area contributed by atoms with Gasteiger partial charge in [-0.1, -0.05) is 12.1 Å². The molecule has 3 aromatic rings. The maximum atomic E-state index is 12.4. The predicted octanol–water partition coefficient (Wildman–Crippen LogP) is 2.33. The largest absolute Gasteiger partial charge is 0.383 e. The number of aromatic nitrogens is 1. The molecule has 0 radical (unpaired) electrons. The third-order valence-electron chi connectivity index (χ3n) is 4.32. The van der Waals surface area contributed by atoms with Crippen molar-refractivity contribution in [1.29, 1.82) is 0 Å². The van der Waals surface area contributed by atoms with Crippen LogP contribution in [0.2, 0.25) is 0 Å². The highest BCUT2D eigenvalue weighted by atomic mass is 32.2. The molecule has 0 aliphatic heterocycles. The highest BCUT2D eigenvalue weighted by Gasteiger charge is 2.13. The fourth-order valence-corrected chi connectivity index (χ4v) is 3.74. The molecule has 1 heterocycles. The van der Waals surface area contributed by atoms with Crippen LogP contribution in [0.15, 0.2) is 78.0 Å². The average molecular weight is 413 g/mol. The van der Waals surface area contributed by atoms with Gasteiger partial charge in [0.2, 0.25) is 10.0 Å². The van der Waals surface area contributed by atoms with Gasteiger partial charge in [-0.3, -0.25) is 4.79 Å². The van der Waals surface area contributed by atoms with E-state index in [-0.39, 0.29) is 17.3 Å². The van der Waals surface area contributed by atoms with E-state index in [4.69, 9.17) is 4.74 Å². The lowest BCUT2D eigenvalue weighted by atomic mass is 10.1. The normalized spacial score (nSPS) is 11.3. The molecule has 7 nitrogen and oxygen atoms in total. The zero-order valence-corrected chi connectivity index (χ0v) is 16.9. The van der Waals surface area contributed by atoms with Gasteiger partial charge in [0.15, 0.2) is 0 Å². The first-order valence-corrected chi connectivity index (χ1v) is 10.6. The van der Waals surface area contributed by atoms with Crippen molar-refractivity contribution in [2.24, 2.45) is 0 Å². The molecule has 1 aromatic heterocycles. The van der Waals surface area contributed by atoms with Crippen LogP contribution in [0.4, 0.5) is 0 Å². The standard InChI is InChI=1S/C21H23N3O4S/c1-28-15-12-23-29(26,27)20-10-4-17(5-11-20)16-22-21(25)18-6-8-19(9-7-18)24-13-2-3-14-24/h2-11,13-14,23H,12,15-16H2,1H3,(H,22,25). The molecule has 0 saturated heterocycles. The molecule has 3 rings (SSSR count). The third kappa shape index (κ3) is 5.54. The molecular formula is C21H23N3O4S. The van der Waals surface area contributed by atoms with Crippen LogP contribution in [-0.4, -0.2) is 39.2 Å². The smallest absolute Gasteiger partial charge is 0.251 e. The van der Waals surface area contributed by atoms with Crippen molar-refractivity contribution < 1.29 is 17.9 Å². The topological polar surface area (TPSA) is 89.4 Å². The van der Waals surface area contributed by atoms with Gasteiger partial charge in [0.25, 0.3) is 5.91 Å². The average Bonchev–Trinajstić information content (AvgIpc) is 3.27. The zero-order chi connectivity index (χ0) is 20.7. The molecule has 8 heteroatoms. The second-order valence-electron chi connectivity index (χ2n) is 6.35. The van der Waals surface area contributed by atoms with Crippen LogP contribution >= 0.6 is 0 Å². The number of hydrogen-bond donors (Lipinski definition) is 2. The van der Waals surface area contributed by atoms with Gasteiger partial charge in [-0.25, -0.2) is 13.1 Å². The molecule has 0 spiro atoms. The van der Waals surface area contributed by atoms with Crippen LogP contribution in [0.3, 0.4) is 0 Å². The third-order valence-corrected chi connectivity index (χ3v) is 5.79. The van der Waals surface area contributed by atoms with Crippen molar-refractivity contribution >= 4 is 15.9 Å². The number of nitrogens with zero attached hydrogens (tertiary/aromatic N) is 1. The molecule has 0 unspecified atom stereocenters. The van der Waals surface area contributed by atoms with Gasteiger partial charge in [0, 0.05) is 43.8 Å². The molecule has 1 amide bonds. The van der Waals surface area contributed by atoms with E-state index < -0.39 is 10.0 Å². The number of carbonyl (C=O) groups is 1. The van der Waals surface area contributed by atoms with E-state index >= 15 is 0 Å². The molecule has 2 N–H and O–H groups in total. The number of rotatable bonds is 9. The molecule has 152 valence electrons. The number of nitrogens with one attached hydrogen (secondary N) is 2. The Kier molecular flexibility index (Phi) is 6.82. The van der Waals surface area contributed by atoms with E-state index in [0.29, 0.717) is 18.7 Å². The Labute approximate surface area is 170 Å². The Bertz CT molecular complexity index is 1030. The number of sulfonamides is 1. The minimum absolute atomic E-state index is 0.171. The summed E-state index contributed by atoms with van der Waals surface area (Å²) in [6.07, 6.45) is 3.87. The molecule has 0 aliphatic rings. The molecule has 0 aliphatic carbocycles. The predicted molar refractivity (Wildman–Crippen MR) is 110 cm³/mol. The van der Waals surface area contributed by atoms with E-state index in [1.54, 1.807) is 24.3 Å². The number of carbonyl (C=O) groups excluding carboxylic acids is 1. The summed E-state index contributed by atoms with van der Waals surface area (Å²) in [6, 6.07) is 17.6. The van der Waals surface area contributed by atoms with Crippen molar-refractivity contribution in [3.05, 3.63) is 84.2 Å². The lowest BCUT2D eigenvalue weighted by Crippen LogP contribution is -2.27. The van der Waals surface area contributed by atoms with Gasteiger partial charge >= 0.3 is 0 Å². The Morgan fingerprint density at radius 1 is 1.00 bits per heavy atom. The Morgan fingerprint density at radius 3 is 2.28 bits per heavy atom. The SMILES string of the molecule is COCCNS(=O)(=O)c1ccc(CNC(=O)c2ccc(-n3cccc3)cc2)cc1. The molecule has 0 bridgehead atoms. The van der Waals surface area contributed by atoms with Gasteiger partial charge in [-0.05, 0) is 54.1 Å². The van der Waals surface area contributed by atoms with Crippen molar-refractivity contribution in [2.75, 3.05) is 20.3 Å². The molecule has 0 atom stereocenters. The van der Waals surface area contributed by atoms with Crippen LogP contribution in [0.1, 0.15) is 15.9 Å². The number of amides is 1. The lowest BCUT2D eigenvalue weighted by molar-refractivity contribution is 0.0951. The molecule has 29 heavy (non-hydrogen) atoms. The number of methoxy groups -OCH3 is 1. The lowest BCUT2D eigenvalue weighted by Gasteiger charge is -2.09. The molecule has 0 saturated carbocycles. The summed E-state index contributed by atoms with van der Waals surface area (Å²) in [5.41, 5.74) is 2.34. The van der Waals surface area contributed by atoms with Crippen molar-refractivity contribution in [3.63, 3.8) is 0 Å². The van der Waals surface area contributed by atoms with Gasteiger partial charge in [0.1, 0.15) is 0 Å². The number of ether oxygens (including phenoxy) is 1. The van der Waals surface area contributed by atoms with Crippen LogP contribution in [0.5, 0.6) is 0 Å². The Morgan fingerprint density at radius 2 is 1.66 bits per heavy atom. The zero-order valence-electron chi connectivity index (χ0n) is 16.0. The van der Waals surface area contributed by atoms with Gasteiger partial charge in [-0.2, -0.15) is 0 Å². The summed E-state index contributed by atoms with van der Waals surface area (Å²) in [5.74, 6) is -0.193. The monoisotopic (exact) mass is 413 g/mol. The Hall–Kier alpha value is -2.94. The van der Waals surface area contributed by atoms with Gasteiger partial charge in [-0.15, -0.1) is 0 Å². The number of hydrogen-bond acceptors (Lipinski definition) is 4. The summed E-state index contributed by atoms with van der Waals surface area (Å²) in [7, 11) is -2.06. The summed E-state index contributed by atoms with van der Waals surface area (Å²) in [4.78, 5) is 12.5. The molecule has 2 aromatic carbocycles. The van der Waals surface area contributed by atoms with Crippen LogP contribution in [0.25, 0.3) is 5.69 Å². The maximum absolute atomic E-state index is 12.4. The molecular weight excluding hydrogens is 390 g/mol. The highest BCUT2D eigenvalue weighted by Crippen LogP contribution is 2.12. The minimum atomic E-state index is -3.57. The van der Waals surface area contributed by atoms with Crippen LogP contribution < -0.4 is 10.0 Å². The second-order valence-corrected chi connectivity index (χ2v) is 8.12. The van der Waals surface area contributed by atoms with Crippen LogP contribution in [-0.2, 0) is 21.3 Å². The molecule has 0 fully saturated rings. The van der Waals surface area contributed by atoms with E-state index in [2.05, 4.69) is 10.0 Å². The summed E-state index contributed by atoms with van der Waals surface area (Å²) >= 11 is 0. The first-order valence-electron chi connectivity index (χ1n) is 9.09. The Balaban J connectivity index is 1.56. The first kappa shape index (κ1) is 20.8. The summed E-state index contributed by atoms with van der Waals surface area (Å²) in [5, 5.41) is 2.84. The van der Waals surface area contributed by atoms with Crippen molar-refractivity contribution in [1.82, 2.24) is 14.6 Å². The van der Waals surface area contributed by atoms with E-state index in [9.17, 15) is 13.2 Å². The van der Waals surface area contributed by atoms with Crippen molar-refractivity contribution in [2.45, 2.75) is 11.4 Å². The summed E-state index contributed by atoms with van der Waals surface area (Å²) < 4.78 is 33.5. The van der Waals surface area contributed by atoms with Crippen LogP contribution in [0, 0.1) is 0 Å². The minimum Gasteiger partial charge on any atom is -0.383 e. The fraction of sp³-hybridized carbons (Fsp3) is 0.190. The number of benzene rings is 2. The van der Waals surface area contributed by atoms with E-state index in [1.807, 2.05) is 41.2 Å². The highest BCUT2D eigenvalue weighted by molar-refractivity contribution is 7.89. The second kappa shape index (κ2) is 9.51. The summed E-state index contributed by atoms with van der Waals surface area (Å²) in [6.45, 7) is 0.811. The maximum Gasteiger partial charge on any atom is 0.251 e. The van der Waals surface area contributed by atoms with Gasteiger partial charge in [0.05, 0.1) is 11.5 Å². The van der Waals surface area contributed by atoms with Gasteiger partial charge < -0.3 is 14.6 Å². The van der Waals surface area contributed by atoms with E-state index in [1.165, 1.54) is 19.2 Å². The van der Waals surface area contributed by atoms with Crippen molar-refractivity contribution in [3.8, 4) is 5.69 Å². The first-order chi connectivity index (χ1) is 14.0.